The van der Waals surface area contributed by atoms with Crippen molar-refractivity contribution in [2.45, 2.75) is 31.2 Å². The fourth-order valence-electron chi connectivity index (χ4n) is 1.74. The summed E-state index contributed by atoms with van der Waals surface area (Å²) in [5, 5.41) is 8.72. The Bertz CT molecular complexity index is 696. The maximum Gasteiger partial charge on any atom is 0.255 e. The van der Waals surface area contributed by atoms with Crippen LogP contribution in [-0.4, -0.2) is 38.9 Å². The summed E-state index contributed by atoms with van der Waals surface area (Å²) < 4.78 is 26.7. The zero-order valence-corrected chi connectivity index (χ0v) is 14.2. The van der Waals surface area contributed by atoms with Gasteiger partial charge in [0.1, 0.15) is 0 Å². The molecule has 1 rings (SSSR count). The van der Waals surface area contributed by atoms with Crippen molar-refractivity contribution in [3.63, 3.8) is 0 Å². The molecule has 1 N–H and O–H groups in total. The Morgan fingerprint density at radius 2 is 2.09 bits per heavy atom. The number of nitriles is 1. The standard InChI is InChI=1S/C14H18ClN3O3S/c1-10(2)17-22(20,21)11-5-6-13(15)12(9-11)14(19)18(3)8-4-7-16/h5-6,9-10,17H,4,8H2,1-3H3. The highest BCUT2D eigenvalue weighted by Crippen LogP contribution is 2.22. The molecule has 0 atom stereocenters. The molecule has 0 spiro atoms. The molecule has 0 bridgehead atoms. The van der Waals surface area contributed by atoms with E-state index in [0.29, 0.717) is 0 Å². The Hall–Kier alpha value is -1.62. The van der Waals surface area contributed by atoms with Gasteiger partial charge in [-0.3, -0.25) is 4.79 Å². The van der Waals surface area contributed by atoms with Gasteiger partial charge in [0.2, 0.25) is 10.0 Å². The lowest BCUT2D eigenvalue weighted by molar-refractivity contribution is 0.0798. The highest BCUT2D eigenvalue weighted by molar-refractivity contribution is 7.89. The zero-order chi connectivity index (χ0) is 16.9. The maximum absolute atomic E-state index is 12.3. The predicted molar refractivity (Wildman–Crippen MR) is 84.1 cm³/mol. The number of benzene rings is 1. The van der Waals surface area contributed by atoms with Crippen LogP contribution in [0.3, 0.4) is 0 Å². The summed E-state index contributed by atoms with van der Waals surface area (Å²) >= 11 is 6.00. The molecule has 0 aliphatic heterocycles. The Labute approximate surface area is 135 Å². The number of amides is 1. The number of carbonyl (C=O) groups is 1. The quantitative estimate of drug-likeness (QED) is 0.855. The van der Waals surface area contributed by atoms with Crippen LogP contribution in [0, 0.1) is 11.3 Å². The lowest BCUT2D eigenvalue weighted by Gasteiger charge is -2.17. The molecule has 120 valence electrons. The van der Waals surface area contributed by atoms with Crippen LogP contribution >= 0.6 is 11.6 Å². The van der Waals surface area contributed by atoms with Gasteiger partial charge in [0.05, 0.1) is 28.0 Å². The van der Waals surface area contributed by atoms with Crippen molar-refractivity contribution in [1.29, 1.82) is 5.26 Å². The molecule has 1 aromatic carbocycles. The second-order valence-electron chi connectivity index (χ2n) is 5.05. The monoisotopic (exact) mass is 343 g/mol. The molecular formula is C14H18ClN3O3S. The number of sulfonamides is 1. The highest BCUT2D eigenvalue weighted by Gasteiger charge is 2.21. The second kappa shape index (κ2) is 7.58. The summed E-state index contributed by atoms with van der Waals surface area (Å²) in [6.45, 7) is 3.65. The molecule has 0 saturated carbocycles. The molecule has 0 radical (unpaired) electrons. The molecule has 22 heavy (non-hydrogen) atoms. The first-order chi connectivity index (χ1) is 10.2. The van der Waals surface area contributed by atoms with Gasteiger partial charge in [0, 0.05) is 19.6 Å². The van der Waals surface area contributed by atoms with E-state index in [-0.39, 0.29) is 34.5 Å². The smallest absolute Gasteiger partial charge is 0.255 e. The number of carbonyl (C=O) groups excluding carboxylic acids is 1. The summed E-state index contributed by atoms with van der Waals surface area (Å²) in [5.74, 6) is -0.429. The van der Waals surface area contributed by atoms with Gasteiger partial charge >= 0.3 is 0 Å². The van der Waals surface area contributed by atoms with Crippen molar-refractivity contribution >= 4 is 27.5 Å². The third-order valence-electron chi connectivity index (χ3n) is 2.78. The first kappa shape index (κ1) is 18.4. The zero-order valence-electron chi connectivity index (χ0n) is 12.6. The molecular weight excluding hydrogens is 326 g/mol. The number of nitrogens with one attached hydrogen (secondary N) is 1. The predicted octanol–water partition coefficient (Wildman–Crippen LogP) is 2.01. The fourth-order valence-corrected chi connectivity index (χ4v) is 3.21. The van der Waals surface area contributed by atoms with Gasteiger partial charge in [-0.15, -0.1) is 0 Å². The Kier molecular flexibility index (Phi) is 6.35. The molecule has 8 heteroatoms. The summed E-state index contributed by atoms with van der Waals surface area (Å²) in [5.41, 5.74) is 0.0914. The number of rotatable bonds is 6. The molecule has 0 aliphatic carbocycles. The number of hydrogen-bond acceptors (Lipinski definition) is 4. The van der Waals surface area contributed by atoms with Gasteiger partial charge in [-0.25, -0.2) is 13.1 Å². The summed E-state index contributed by atoms with van der Waals surface area (Å²) in [6, 6.07) is 5.65. The first-order valence-electron chi connectivity index (χ1n) is 6.63. The van der Waals surface area contributed by atoms with Crippen LogP contribution in [0.15, 0.2) is 23.1 Å². The number of hydrogen-bond donors (Lipinski definition) is 1. The van der Waals surface area contributed by atoms with E-state index in [9.17, 15) is 13.2 Å². The Morgan fingerprint density at radius 1 is 1.45 bits per heavy atom. The average Bonchev–Trinajstić information content (AvgIpc) is 2.42. The van der Waals surface area contributed by atoms with Crippen LogP contribution in [0.1, 0.15) is 30.6 Å². The van der Waals surface area contributed by atoms with Gasteiger partial charge in [0.25, 0.3) is 5.91 Å². The minimum absolute atomic E-state index is 0.0253. The maximum atomic E-state index is 12.3. The second-order valence-corrected chi connectivity index (χ2v) is 7.17. The Morgan fingerprint density at radius 3 is 2.64 bits per heavy atom. The van der Waals surface area contributed by atoms with E-state index in [1.165, 1.54) is 30.1 Å². The average molecular weight is 344 g/mol. The van der Waals surface area contributed by atoms with Crippen LogP contribution in [-0.2, 0) is 10.0 Å². The molecule has 6 nitrogen and oxygen atoms in total. The largest absolute Gasteiger partial charge is 0.341 e. The van der Waals surface area contributed by atoms with E-state index in [4.69, 9.17) is 16.9 Å². The third kappa shape index (κ3) is 4.70. The van der Waals surface area contributed by atoms with Gasteiger partial charge in [0.15, 0.2) is 0 Å². The van der Waals surface area contributed by atoms with E-state index in [1.54, 1.807) is 13.8 Å². The summed E-state index contributed by atoms with van der Waals surface area (Å²) in [4.78, 5) is 13.6. The van der Waals surface area contributed by atoms with E-state index < -0.39 is 15.9 Å². The van der Waals surface area contributed by atoms with Crippen molar-refractivity contribution < 1.29 is 13.2 Å². The van der Waals surface area contributed by atoms with Crippen molar-refractivity contribution in [3.05, 3.63) is 28.8 Å². The molecule has 0 aromatic heterocycles. The van der Waals surface area contributed by atoms with Crippen LogP contribution < -0.4 is 4.72 Å². The third-order valence-corrected chi connectivity index (χ3v) is 4.76. The molecule has 0 saturated heterocycles. The minimum Gasteiger partial charge on any atom is -0.341 e. The van der Waals surface area contributed by atoms with Crippen LogP contribution in [0.4, 0.5) is 0 Å². The summed E-state index contributed by atoms with van der Waals surface area (Å²) in [7, 11) is -2.18. The fraction of sp³-hybridized carbons (Fsp3) is 0.429. The van der Waals surface area contributed by atoms with Crippen LogP contribution in [0.25, 0.3) is 0 Å². The Balaban J connectivity index is 3.15. The molecule has 1 amide bonds. The topological polar surface area (TPSA) is 90.3 Å². The van der Waals surface area contributed by atoms with Crippen LogP contribution in [0.5, 0.6) is 0 Å². The van der Waals surface area contributed by atoms with Crippen molar-refractivity contribution in [2.75, 3.05) is 13.6 Å². The highest BCUT2D eigenvalue weighted by atomic mass is 35.5. The van der Waals surface area contributed by atoms with Gasteiger partial charge in [-0.05, 0) is 32.0 Å². The minimum atomic E-state index is -3.71. The first-order valence-corrected chi connectivity index (χ1v) is 8.49. The number of halogens is 1. The van der Waals surface area contributed by atoms with Crippen molar-refractivity contribution in [2.24, 2.45) is 0 Å². The molecule has 0 aliphatic rings. The van der Waals surface area contributed by atoms with Gasteiger partial charge in [-0.1, -0.05) is 11.6 Å². The van der Waals surface area contributed by atoms with Gasteiger partial charge in [-0.2, -0.15) is 5.26 Å². The number of nitrogens with zero attached hydrogens (tertiary/aromatic N) is 2. The molecule has 0 heterocycles. The van der Waals surface area contributed by atoms with Crippen LogP contribution in [0.2, 0.25) is 5.02 Å². The van der Waals surface area contributed by atoms with E-state index in [2.05, 4.69) is 4.72 Å². The normalized spacial score (nSPS) is 11.3. The SMILES string of the molecule is CC(C)NS(=O)(=O)c1ccc(Cl)c(C(=O)N(C)CCC#N)c1. The van der Waals surface area contributed by atoms with E-state index in [1.807, 2.05) is 6.07 Å². The lowest BCUT2D eigenvalue weighted by atomic mass is 10.2. The molecule has 0 unspecified atom stereocenters. The van der Waals surface area contributed by atoms with Gasteiger partial charge < -0.3 is 4.90 Å². The summed E-state index contributed by atoms with van der Waals surface area (Å²) in [6.07, 6.45) is 0.187. The molecule has 1 aromatic rings. The van der Waals surface area contributed by atoms with E-state index >= 15 is 0 Å². The van der Waals surface area contributed by atoms with E-state index in [0.717, 1.165) is 0 Å². The molecule has 0 fully saturated rings. The lowest BCUT2D eigenvalue weighted by Crippen LogP contribution is -2.31. The van der Waals surface area contributed by atoms with Crippen molar-refractivity contribution in [1.82, 2.24) is 9.62 Å². The van der Waals surface area contributed by atoms with Crippen molar-refractivity contribution in [3.8, 4) is 6.07 Å².